The molecular weight excluding hydrogens is 226 g/mol. The summed E-state index contributed by atoms with van der Waals surface area (Å²) in [5.41, 5.74) is 3.90. The van der Waals surface area contributed by atoms with E-state index in [1.165, 1.54) is 29.5 Å². The lowest BCUT2D eigenvalue weighted by Crippen LogP contribution is -2.28. The zero-order valence-corrected chi connectivity index (χ0v) is 11.1. The highest BCUT2D eigenvalue weighted by Gasteiger charge is 2.28. The van der Waals surface area contributed by atoms with Crippen molar-refractivity contribution in [1.29, 1.82) is 0 Å². The van der Waals surface area contributed by atoms with Crippen LogP contribution in [-0.4, -0.2) is 28.6 Å². The van der Waals surface area contributed by atoms with Crippen molar-refractivity contribution in [2.45, 2.75) is 45.7 Å². The normalized spacial score (nSPS) is 15.1. The van der Waals surface area contributed by atoms with E-state index in [4.69, 9.17) is 5.11 Å². The maximum absolute atomic E-state index is 10.7. The highest BCUT2D eigenvalue weighted by atomic mass is 16.4. The van der Waals surface area contributed by atoms with E-state index >= 15 is 0 Å². The van der Waals surface area contributed by atoms with Crippen LogP contribution in [0, 0.1) is 13.8 Å². The monoisotopic (exact) mass is 247 g/mol. The molecule has 1 saturated carbocycles. The summed E-state index contributed by atoms with van der Waals surface area (Å²) >= 11 is 0. The summed E-state index contributed by atoms with van der Waals surface area (Å²) in [4.78, 5) is 13.0. The second-order valence-electron chi connectivity index (χ2n) is 5.26. The fourth-order valence-electron chi connectivity index (χ4n) is 2.21. The average molecular weight is 247 g/mol. The first-order valence-corrected chi connectivity index (χ1v) is 6.58. The van der Waals surface area contributed by atoms with Crippen molar-refractivity contribution in [3.8, 4) is 0 Å². The van der Waals surface area contributed by atoms with Gasteiger partial charge in [-0.3, -0.25) is 9.69 Å². The standard InChI is InChI=1S/C15H21NO2/c1-11-3-4-13(9-12(11)2)10-16(14-5-6-14)8-7-15(17)18/h3-4,9,14H,5-8,10H2,1-2H3,(H,17,18). The Morgan fingerprint density at radius 1 is 1.33 bits per heavy atom. The van der Waals surface area contributed by atoms with Gasteiger partial charge in [0.2, 0.25) is 0 Å². The number of carboxylic acids is 1. The molecule has 98 valence electrons. The molecule has 1 aromatic carbocycles. The lowest BCUT2D eigenvalue weighted by molar-refractivity contribution is -0.137. The minimum Gasteiger partial charge on any atom is -0.481 e. The van der Waals surface area contributed by atoms with Crippen LogP contribution in [0.15, 0.2) is 18.2 Å². The SMILES string of the molecule is Cc1ccc(CN(CCC(=O)O)C2CC2)cc1C. The molecule has 0 heterocycles. The molecule has 1 N–H and O–H groups in total. The smallest absolute Gasteiger partial charge is 0.304 e. The minimum atomic E-state index is -0.708. The highest BCUT2D eigenvalue weighted by molar-refractivity contribution is 5.66. The van der Waals surface area contributed by atoms with Gasteiger partial charge in [-0.15, -0.1) is 0 Å². The Labute approximate surface area is 108 Å². The predicted octanol–water partition coefficient (Wildman–Crippen LogP) is 2.74. The van der Waals surface area contributed by atoms with Crippen LogP contribution in [0.2, 0.25) is 0 Å². The Morgan fingerprint density at radius 3 is 2.61 bits per heavy atom. The summed E-state index contributed by atoms with van der Waals surface area (Å²) in [5.74, 6) is -0.708. The van der Waals surface area contributed by atoms with Crippen molar-refractivity contribution >= 4 is 5.97 Å². The van der Waals surface area contributed by atoms with Crippen LogP contribution in [-0.2, 0) is 11.3 Å². The third-order valence-electron chi connectivity index (χ3n) is 3.63. The molecule has 2 rings (SSSR count). The number of carbonyl (C=O) groups is 1. The van der Waals surface area contributed by atoms with E-state index in [2.05, 4.69) is 36.9 Å². The van der Waals surface area contributed by atoms with E-state index in [0.29, 0.717) is 12.6 Å². The summed E-state index contributed by atoms with van der Waals surface area (Å²) < 4.78 is 0. The van der Waals surface area contributed by atoms with Crippen LogP contribution < -0.4 is 0 Å². The van der Waals surface area contributed by atoms with Crippen LogP contribution in [0.4, 0.5) is 0 Å². The van der Waals surface area contributed by atoms with Gasteiger partial charge in [0.1, 0.15) is 0 Å². The van der Waals surface area contributed by atoms with Gasteiger partial charge in [-0.2, -0.15) is 0 Å². The molecule has 3 nitrogen and oxygen atoms in total. The number of carboxylic acid groups (broad SMARTS) is 1. The first kappa shape index (κ1) is 13.1. The van der Waals surface area contributed by atoms with Gasteiger partial charge in [0.25, 0.3) is 0 Å². The number of nitrogens with zero attached hydrogens (tertiary/aromatic N) is 1. The van der Waals surface area contributed by atoms with E-state index in [0.717, 1.165) is 6.54 Å². The number of aryl methyl sites for hydroxylation is 2. The second-order valence-corrected chi connectivity index (χ2v) is 5.26. The van der Waals surface area contributed by atoms with Crippen LogP contribution in [0.25, 0.3) is 0 Å². The van der Waals surface area contributed by atoms with Crippen LogP contribution in [0.3, 0.4) is 0 Å². The maximum atomic E-state index is 10.7. The summed E-state index contributed by atoms with van der Waals surface area (Å²) in [5, 5.41) is 8.78. The second kappa shape index (κ2) is 5.53. The van der Waals surface area contributed by atoms with Crippen LogP contribution >= 0.6 is 0 Å². The van der Waals surface area contributed by atoms with Crippen LogP contribution in [0.1, 0.15) is 36.0 Å². The lowest BCUT2D eigenvalue weighted by Gasteiger charge is -2.21. The quantitative estimate of drug-likeness (QED) is 0.840. The first-order chi connectivity index (χ1) is 8.56. The zero-order chi connectivity index (χ0) is 13.1. The van der Waals surface area contributed by atoms with Gasteiger partial charge < -0.3 is 5.11 Å². The largest absolute Gasteiger partial charge is 0.481 e. The molecule has 0 unspecified atom stereocenters. The number of hydrogen-bond donors (Lipinski definition) is 1. The van der Waals surface area contributed by atoms with E-state index in [9.17, 15) is 4.79 Å². The van der Waals surface area contributed by atoms with Gasteiger partial charge in [-0.1, -0.05) is 18.2 Å². The molecule has 0 aromatic heterocycles. The third-order valence-corrected chi connectivity index (χ3v) is 3.63. The van der Waals surface area contributed by atoms with Crippen molar-refractivity contribution in [3.05, 3.63) is 34.9 Å². The summed E-state index contributed by atoms with van der Waals surface area (Å²) in [6, 6.07) is 7.11. The Bertz CT molecular complexity index is 438. The molecular formula is C15H21NO2. The van der Waals surface area contributed by atoms with Gasteiger partial charge in [-0.25, -0.2) is 0 Å². The fraction of sp³-hybridized carbons (Fsp3) is 0.533. The van der Waals surface area contributed by atoms with Crippen molar-refractivity contribution in [3.63, 3.8) is 0 Å². The van der Waals surface area contributed by atoms with Gasteiger partial charge in [0.15, 0.2) is 0 Å². The molecule has 1 aliphatic carbocycles. The molecule has 18 heavy (non-hydrogen) atoms. The van der Waals surface area contributed by atoms with E-state index in [1.807, 2.05) is 0 Å². The molecule has 3 heteroatoms. The third kappa shape index (κ3) is 3.57. The summed E-state index contributed by atoms with van der Waals surface area (Å²) in [7, 11) is 0. The van der Waals surface area contributed by atoms with Crippen molar-refractivity contribution in [1.82, 2.24) is 4.90 Å². The Hall–Kier alpha value is -1.35. The predicted molar refractivity (Wildman–Crippen MR) is 71.6 cm³/mol. The van der Waals surface area contributed by atoms with Crippen molar-refractivity contribution < 1.29 is 9.90 Å². The van der Waals surface area contributed by atoms with Crippen molar-refractivity contribution in [2.75, 3.05) is 6.54 Å². The number of hydrogen-bond acceptors (Lipinski definition) is 2. The molecule has 0 radical (unpaired) electrons. The molecule has 1 fully saturated rings. The van der Waals surface area contributed by atoms with Crippen molar-refractivity contribution in [2.24, 2.45) is 0 Å². The Morgan fingerprint density at radius 2 is 2.06 bits per heavy atom. The topological polar surface area (TPSA) is 40.5 Å². The summed E-state index contributed by atoms with van der Waals surface area (Å²) in [6.07, 6.45) is 2.66. The molecule has 0 bridgehead atoms. The molecule has 0 spiro atoms. The molecule has 0 atom stereocenters. The minimum absolute atomic E-state index is 0.237. The molecule has 1 aliphatic rings. The van der Waals surface area contributed by atoms with E-state index < -0.39 is 5.97 Å². The molecule has 0 amide bonds. The van der Waals surface area contributed by atoms with E-state index in [1.54, 1.807) is 0 Å². The number of rotatable bonds is 6. The van der Waals surface area contributed by atoms with Gasteiger partial charge in [0, 0.05) is 19.1 Å². The average Bonchev–Trinajstić information content (AvgIpc) is 3.13. The number of benzene rings is 1. The lowest BCUT2D eigenvalue weighted by atomic mass is 10.1. The maximum Gasteiger partial charge on any atom is 0.304 e. The highest BCUT2D eigenvalue weighted by Crippen LogP contribution is 2.28. The van der Waals surface area contributed by atoms with Crippen LogP contribution in [0.5, 0.6) is 0 Å². The molecule has 0 saturated heterocycles. The molecule has 0 aliphatic heterocycles. The Balaban J connectivity index is 1.99. The van der Waals surface area contributed by atoms with Gasteiger partial charge >= 0.3 is 5.97 Å². The van der Waals surface area contributed by atoms with Gasteiger partial charge in [0.05, 0.1) is 6.42 Å². The fourth-order valence-corrected chi connectivity index (χ4v) is 2.21. The zero-order valence-electron chi connectivity index (χ0n) is 11.1. The summed E-state index contributed by atoms with van der Waals surface area (Å²) in [6.45, 7) is 5.77. The first-order valence-electron chi connectivity index (χ1n) is 6.58. The Kier molecular flexibility index (Phi) is 4.02. The van der Waals surface area contributed by atoms with E-state index in [-0.39, 0.29) is 6.42 Å². The molecule has 1 aromatic rings. The number of aliphatic carboxylic acids is 1. The van der Waals surface area contributed by atoms with Gasteiger partial charge in [-0.05, 0) is 43.4 Å².